The number of rotatable bonds is 16. The first kappa shape index (κ1) is 36.7. The van der Waals surface area contributed by atoms with E-state index in [0.717, 1.165) is 0 Å². The summed E-state index contributed by atoms with van der Waals surface area (Å²) in [5.74, 6) is -4.87. The van der Waals surface area contributed by atoms with Gasteiger partial charge in [-0.2, -0.15) is 0 Å². The first-order chi connectivity index (χ1) is 21.2. The van der Waals surface area contributed by atoms with Crippen molar-refractivity contribution in [3.8, 4) is 0 Å². The van der Waals surface area contributed by atoms with Crippen molar-refractivity contribution in [3.05, 3.63) is 35.9 Å². The molecule has 1 aromatic rings. The molecule has 1 aliphatic heterocycles. The molecule has 248 valence electrons. The second-order valence-corrected chi connectivity index (χ2v) is 11.7. The van der Waals surface area contributed by atoms with Crippen LogP contribution in [-0.4, -0.2) is 84.2 Å². The van der Waals surface area contributed by atoms with Crippen molar-refractivity contribution >= 4 is 41.5 Å². The summed E-state index contributed by atoms with van der Waals surface area (Å²) < 4.78 is 10.0. The molecule has 1 heterocycles. The summed E-state index contributed by atoms with van der Waals surface area (Å²) in [4.78, 5) is 89.8. The van der Waals surface area contributed by atoms with Gasteiger partial charge in [0, 0.05) is 13.0 Å². The summed E-state index contributed by atoms with van der Waals surface area (Å²) in [6.07, 6.45) is -0.424. The van der Waals surface area contributed by atoms with Crippen molar-refractivity contribution in [2.45, 2.75) is 90.6 Å². The zero-order valence-electron chi connectivity index (χ0n) is 26.5. The third-order valence-corrected chi connectivity index (χ3v) is 7.33. The van der Waals surface area contributed by atoms with Gasteiger partial charge < -0.3 is 36.1 Å². The first-order valence-electron chi connectivity index (χ1n) is 15.0. The van der Waals surface area contributed by atoms with Gasteiger partial charge in [-0.1, -0.05) is 58.0 Å². The summed E-state index contributed by atoms with van der Waals surface area (Å²) in [7, 11) is 1.23. The van der Waals surface area contributed by atoms with Crippen LogP contribution in [0.2, 0.25) is 0 Å². The van der Waals surface area contributed by atoms with Crippen LogP contribution < -0.4 is 21.7 Å². The Bertz CT molecular complexity index is 1220. The summed E-state index contributed by atoms with van der Waals surface area (Å²) >= 11 is 0. The number of nitrogens with one attached hydrogen (secondary N) is 3. The fourth-order valence-electron chi connectivity index (χ4n) is 4.92. The number of hydrogen-bond donors (Lipinski definition) is 4. The molecule has 1 fully saturated rings. The van der Waals surface area contributed by atoms with Gasteiger partial charge in [0.2, 0.25) is 23.5 Å². The van der Waals surface area contributed by atoms with Crippen molar-refractivity contribution in [1.29, 1.82) is 0 Å². The maximum atomic E-state index is 13.8. The second-order valence-electron chi connectivity index (χ2n) is 11.7. The van der Waals surface area contributed by atoms with E-state index in [1.165, 1.54) is 12.0 Å². The number of hydrogen-bond acceptors (Lipinski definition) is 9. The SMILES string of the molecule is COC(=O)C(CC(C)C)NC(=O)C1CCCN1C(=O)C(NC(=O)C(CCC(=O)C(N)=O)NC(=O)OCc1ccccc1)C(C)C. The van der Waals surface area contributed by atoms with Crippen LogP contribution in [0.4, 0.5) is 4.79 Å². The van der Waals surface area contributed by atoms with Gasteiger partial charge in [0.1, 0.15) is 30.8 Å². The van der Waals surface area contributed by atoms with Crippen LogP contribution >= 0.6 is 0 Å². The Kier molecular flexibility index (Phi) is 14.4. The minimum Gasteiger partial charge on any atom is -0.467 e. The molecule has 0 bridgehead atoms. The lowest BCUT2D eigenvalue weighted by molar-refractivity contribution is -0.147. The minimum atomic E-state index is -1.35. The maximum absolute atomic E-state index is 13.8. The molecule has 5 amide bonds. The van der Waals surface area contributed by atoms with Crippen LogP contribution in [0.3, 0.4) is 0 Å². The Morgan fingerprint density at radius 2 is 1.62 bits per heavy atom. The third-order valence-electron chi connectivity index (χ3n) is 7.33. The summed E-state index contributed by atoms with van der Waals surface area (Å²) in [6.45, 7) is 7.38. The molecule has 14 nitrogen and oxygen atoms in total. The normalized spacial score (nSPS) is 16.3. The van der Waals surface area contributed by atoms with Crippen LogP contribution in [0, 0.1) is 11.8 Å². The van der Waals surface area contributed by atoms with Crippen LogP contribution in [0.15, 0.2) is 30.3 Å². The molecule has 4 unspecified atom stereocenters. The molecule has 0 aliphatic carbocycles. The monoisotopic (exact) mass is 631 g/mol. The Morgan fingerprint density at radius 1 is 0.956 bits per heavy atom. The number of ketones is 1. The van der Waals surface area contributed by atoms with E-state index in [1.54, 1.807) is 44.2 Å². The molecule has 0 spiro atoms. The Balaban J connectivity index is 2.17. The number of esters is 1. The molecule has 1 aliphatic rings. The molecule has 1 aromatic carbocycles. The van der Waals surface area contributed by atoms with E-state index >= 15 is 0 Å². The molecular formula is C31H45N5O9. The van der Waals surface area contributed by atoms with Crippen LogP contribution in [-0.2, 0) is 44.8 Å². The van der Waals surface area contributed by atoms with Crippen molar-refractivity contribution in [1.82, 2.24) is 20.9 Å². The van der Waals surface area contributed by atoms with Gasteiger partial charge in [-0.3, -0.25) is 24.0 Å². The number of alkyl carbamates (subject to hydrolysis) is 1. The standard InChI is InChI=1S/C31H45N5O9/c1-18(2)16-22(30(42)44-5)33-28(40)23-12-9-15-36(23)29(41)25(19(3)4)35-27(39)21(13-14-24(37)26(32)38)34-31(43)45-17-20-10-7-6-8-11-20/h6-8,10-11,18-19,21-23,25H,9,12-17H2,1-5H3,(H2,32,38)(H,33,40)(H,34,43)(H,35,39). The van der Waals surface area contributed by atoms with Crippen molar-refractivity contribution in [2.75, 3.05) is 13.7 Å². The van der Waals surface area contributed by atoms with E-state index in [4.69, 9.17) is 15.2 Å². The van der Waals surface area contributed by atoms with Crippen molar-refractivity contribution in [3.63, 3.8) is 0 Å². The number of carbonyl (C=O) groups excluding carboxylic acids is 7. The number of carbonyl (C=O) groups is 7. The maximum Gasteiger partial charge on any atom is 0.408 e. The number of ether oxygens (including phenoxy) is 2. The molecule has 4 atom stereocenters. The van der Waals surface area contributed by atoms with E-state index in [-0.39, 0.29) is 25.5 Å². The average Bonchev–Trinajstić information content (AvgIpc) is 3.50. The zero-order chi connectivity index (χ0) is 33.7. The van der Waals surface area contributed by atoms with Crippen LogP contribution in [0.25, 0.3) is 0 Å². The lowest BCUT2D eigenvalue weighted by Gasteiger charge is -2.32. The van der Waals surface area contributed by atoms with Gasteiger partial charge >= 0.3 is 12.1 Å². The van der Waals surface area contributed by atoms with Gasteiger partial charge in [-0.05, 0) is 43.1 Å². The predicted molar refractivity (Wildman–Crippen MR) is 162 cm³/mol. The number of primary amides is 1. The van der Waals surface area contributed by atoms with E-state index in [1.807, 2.05) is 13.8 Å². The number of likely N-dealkylation sites (tertiary alicyclic amines) is 1. The van der Waals surface area contributed by atoms with Gasteiger partial charge in [0.05, 0.1) is 7.11 Å². The largest absolute Gasteiger partial charge is 0.467 e. The fourth-order valence-corrected chi connectivity index (χ4v) is 4.92. The van der Waals surface area contributed by atoms with Gasteiger partial charge in [-0.15, -0.1) is 0 Å². The number of benzene rings is 1. The lowest BCUT2D eigenvalue weighted by Crippen LogP contribution is -2.59. The topological polar surface area (TPSA) is 203 Å². The molecule has 0 saturated carbocycles. The molecule has 14 heteroatoms. The lowest BCUT2D eigenvalue weighted by atomic mass is 10.00. The highest BCUT2D eigenvalue weighted by Gasteiger charge is 2.40. The minimum absolute atomic E-state index is 0.0826. The van der Waals surface area contributed by atoms with E-state index in [0.29, 0.717) is 24.8 Å². The van der Waals surface area contributed by atoms with Crippen LogP contribution in [0.5, 0.6) is 0 Å². The summed E-state index contributed by atoms with van der Waals surface area (Å²) in [5, 5.41) is 7.76. The number of methoxy groups -OCH3 is 1. The number of amides is 5. The molecule has 45 heavy (non-hydrogen) atoms. The predicted octanol–water partition coefficient (Wildman–Crippen LogP) is 0.952. The Labute approximate surface area is 263 Å². The van der Waals surface area contributed by atoms with Crippen LogP contribution in [0.1, 0.15) is 65.4 Å². The van der Waals surface area contributed by atoms with Gasteiger partial charge in [-0.25, -0.2) is 9.59 Å². The quantitative estimate of drug-likeness (QED) is 0.151. The second kappa shape index (κ2) is 17.7. The Morgan fingerprint density at radius 3 is 2.20 bits per heavy atom. The number of nitrogens with two attached hydrogens (primary N) is 1. The highest BCUT2D eigenvalue weighted by Crippen LogP contribution is 2.21. The van der Waals surface area contributed by atoms with Crippen molar-refractivity contribution in [2.24, 2.45) is 17.6 Å². The number of Topliss-reactive ketones (excluding diaryl/α,β-unsaturated/α-hetero) is 1. The fraction of sp³-hybridized carbons (Fsp3) is 0.581. The molecule has 0 aromatic heterocycles. The zero-order valence-corrected chi connectivity index (χ0v) is 26.5. The highest BCUT2D eigenvalue weighted by molar-refractivity contribution is 6.35. The van der Waals surface area contributed by atoms with Gasteiger partial charge in [0.25, 0.3) is 5.91 Å². The molecule has 0 radical (unpaired) electrons. The van der Waals surface area contributed by atoms with E-state index in [9.17, 15) is 33.6 Å². The van der Waals surface area contributed by atoms with E-state index < -0.39 is 78.0 Å². The average molecular weight is 632 g/mol. The van der Waals surface area contributed by atoms with Gasteiger partial charge in [0.15, 0.2) is 0 Å². The van der Waals surface area contributed by atoms with E-state index in [2.05, 4.69) is 16.0 Å². The Hall–Kier alpha value is -4.49. The highest BCUT2D eigenvalue weighted by atomic mass is 16.5. The first-order valence-corrected chi connectivity index (χ1v) is 15.0. The number of nitrogens with zero attached hydrogens (tertiary/aromatic N) is 1. The van der Waals surface area contributed by atoms with Crippen molar-refractivity contribution < 1.29 is 43.0 Å². The molecule has 5 N–H and O–H groups in total. The smallest absolute Gasteiger partial charge is 0.408 e. The third kappa shape index (κ3) is 11.5. The summed E-state index contributed by atoms with van der Waals surface area (Å²) in [5.41, 5.74) is 5.75. The molecular weight excluding hydrogens is 586 g/mol. The summed E-state index contributed by atoms with van der Waals surface area (Å²) in [6, 6.07) is 4.62. The molecule has 2 rings (SSSR count). The molecule has 1 saturated heterocycles.